The topological polar surface area (TPSA) is 46.5 Å². The van der Waals surface area contributed by atoms with Crippen molar-refractivity contribution in [2.75, 3.05) is 7.11 Å². The van der Waals surface area contributed by atoms with E-state index in [1.54, 1.807) is 7.11 Å². The van der Waals surface area contributed by atoms with E-state index in [2.05, 4.69) is 12.1 Å². The van der Waals surface area contributed by atoms with Crippen LogP contribution in [0.5, 0.6) is 5.75 Å². The van der Waals surface area contributed by atoms with Gasteiger partial charge in [-0.25, -0.2) is 0 Å². The Morgan fingerprint density at radius 1 is 1.00 bits per heavy atom. The Kier molecular flexibility index (Phi) is 5.38. The van der Waals surface area contributed by atoms with E-state index in [0.29, 0.717) is 6.42 Å². The molecule has 0 radical (unpaired) electrons. The number of carbonyl (C=O) groups is 1. The molecular formula is C18H20O3. The van der Waals surface area contributed by atoms with Gasteiger partial charge in [-0.3, -0.25) is 4.79 Å². The first-order chi connectivity index (χ1) is 10.2. The molecule has 0 atom stereocenters. The van der Waals surface area contributed by atoms with Crippen molar-refractivity contribution in [3.8, 4) is 5.75 Å². The summed E-state index contributed by atoms with van der Waals surface area (Å²) in [6.45, 7) is 0. The highest BCUT2D eigenvalue weighted by atomic mass is 16.5. The lowest BCUT2D eigenvalue weighted by Gasteiger charge is -2.10. The molecule has 0 saturated heterocycles. The van der Waals surface area contributed by atoms with Crippen LogP contribution < -0.4 is 4.74 Å². The second-order valence-corrected chi connectivity index (χ2v) is 5.03. The summed E-state index contributed by atoms with van der Waals surface area (Å²) in [4.78, 5) is 10.6. The third-order valence-corrected chi connectivity index (χ3v) is 3.50. The number of aliphatic carboxylic acids is 1. The number of ether oxygens (including phenoxy) is 1. The highest BCUT2D eigenvalue weighted by molar-refractivity contribution is 5.67. The first-order valence-electron chi connectivity index (χ1n) is 7.10. The maximum atomic E-state index is 10.6. The van der Waals surface area contributed by atoms with Crippen LogP contribution in [0.3, 0.4) is 0 Å². The monoisotopic (exact) mass is 284 g/mol. The molecule has 0 saturated carbocycles. The summed E-state index contributed by atoms with van der Waals surface area (Å²) in [5, 5.41) is 8.73. The van der Waals surface area contributed by atoms with Crippen LogP contribution >= 0.6 is 0 Å². The number of hydrogen-bond acceptors (Lipinski definition) is 2. The van der Waals surface area contributed by atoms with Gasteiger partial charge in [0.05, 0.1) is 7.11 Å². The van der Waals surface area contributed by atoms with Crippen molar-refractivity contribution in [1.29, 1.82) is 0 Å². The Morgan fingerprint density at radius 2 is 1.76 bits per heavy atom. The van der Waals surface area contributed by atoms with Gasteiger partial charge in [-0.05, 0) is 42.0 Å². The number of aryl methyl sites for hydroxylation is 3. The van der Waals surface area contributed by atoms with Gasteiger partial charge < -0.3 is 9.84 Å². The lowest BCUT2D eigenvalue weighted by molar-refractivity contribution is -0.136. The summed E-state index contributed by atoms with van der Waals surface area (Å²) in [5.74, 6) is 0.0657. The lowest BCUT2D eigenvalue weighted by atomic mass is 10.0. The van der Waals surface area contributed by atoms with Crippen LogP contribution in [0, 0.1) is 0 Å². The largest absolute Gasteiger partial charge is 0.496 e. The van der Waals surface area contributed by atoms with E-state index < -0.39 is 5.97 Å². The fourth-order valence-electron chi connectivity index (χ4n) is 2.33. The van der Waals surface area contributed by atoms with Crippen LogP contribution in [0.15, 0.2) is 48.5 Å². The first-order valence-corrected chi connectivity index (χ1v) is 7.10. The van der Waals surface area contributed by atoms with E-state index >= 15 is 0 Å². The molecule has 1 N–H and O–H groups in total. The molecule has 0 aromatic heterocycles. The Balaban J connectivity index is 2.04. The maximum absolute atomic E-state index is 10.6. The van der Waals surface area contributed by atoms with Gasteiger partial charge >= 0.3 is 5.97 Å². The third-order valence-electron chi connectivity index (χ3n) is 3.50. The van der Waals surface area contributed by atoms with Crippen LogP contribution in [0.4, 0.5) is 0 Å². The Hall–Kier alpha value is -2.29. The molecule has 0 bridgehead atoms. The number of carboxylic acid groups (broad SMARTS) is 1. The fraction of sp³-hybridized carbons (Fsp3) is 0.278. The molecule has 0 aliphatic heterocycles. The average Bonchev–Trinajstić information content (AvgIpc) is 2.52. The summed E-state index contributed by atoms with van der Waals surface area (Å²) < 4.78 is 5.43. The lowest BCUT2D eigenvalue weighted by Crippen LogP contribution is -2.00. The van der Waals surface area contributed by atoms with Gasteiger partial charge in [-0.1, -0.05) is 42.5 Å². The first kappa shape index (κ1) is 15.1. The normalized spacial score (nSPS) is 10.3. The highest BCUT2D eigenvalue weighted by Gasteiger charge is 2.06. The molecule has 0 fully saturated rings. The molecule has 3 heteroatoms. The molecule has 0 aliphatic rings. The molecule has 3 nitrogen and oxygen atoms in total. The van der Waals surface area contributed by atoms with Gasteiger partial charge in [0.1, 0.15) is 5.75 Å². The number of methoxy groups -OCH3 is 1. The Bertz CT molecular complexity index is 591. The zero-order valence-electron chi connectivity index (χ0n) is 12.2. The summed E-state index contributed by atoms with van der Waals surface area (Å²) >= 11 is 0. The van der Waals surface area contributed by atoms with Crippen LogP contribution in [0.1, 0.15) is 23.1 Å². The second-order valence-electron chi connectivity index (χ2n) is 5.03. The van der Waals surface area contributed by atoms with Gasteiger partial charge in [0, 0.05) is 6.42 Å². The number of rotatable bonds is 7. The SMILES string of the molecule is COc1cc(CCC(=O)O)ccc1CCc1ccccc1. The smallest absolute Gasteiger partial charge is 0.303 e. The molecule has 0 spiro atoms. The number of benzene rings is 2. The summed E-state index contributed by atoms with van der Waals surface area (Å²) in [5.41, 5.74) is 3.45. The Morgan fingerprint density at radius 3 is 2.43 bits per heavy atom. The standard InChI is InChI=1S/C18H20O3/c1-21-17-13-15(9-12-18(19)20)8-11-16(17)10-7-14-5-3-2-4-6-14/h2-6,8,11,13H,7,9-10,12H2,1H3,(H,19,20). The third kappa shape index (κ3) is 4.63. The van der Waals surface area contributed by atoms with Gasteiger partial charge in [0.2, 0.25) is 0 Å². The molecule has 0 unspecified atom stereocenters. The molecule has 0 amide bonds. The minimum atomic E-state index is -0.776. The molecule has 0 heterocycles. The van der Waals surface area contributed by atoms with E-state index in [1.807, 2.05) is 36.4 Å². The number of carboxylic acids is 1. The maximum Gasteiger partial charge on any atom is 0.303 e. The minimum absolute atomic E-state index is 0.145. The molecule has 21 heavy (non-hydrogen) atoms. The zero-order chi connectivity index (χ0) is 15.1. The second kappa shape index (κ2) is 7.48. The minimum Gasteiger partial charge on any atom is -0.496 e. The van der Waals surface area contributed by atoms with Gasteiger partial charge in [-0.2, -0.15) is 0 Å². The molecule has 2 aromatic carbocycles. The van der Waals surface area contributed by atoms with Crippen molar-refractivity contribution in [2.24, 2.45) is 0 Å². The molecule has 2 aromatic rings. The van der Waals surface area contributed by atoms with Crippen molar-refractivity contribution in [1.82, 2.24) is 0 Å². The summed E-state index contributed by atoms with van der Waals surface area (Å²) in [6, 6.07) is 16.3. The predicted molar refractivity (Wildman–Crippen MR) is 82.8 cm³/mol. The van der Waals surface area contributed by atoms with Crippen LogP contribution in [0.25, 0.3) is 0 Å². The summed E-state index contributed by atoms with van der Waals surface area (Å²) in [7, 11) is 1.66. The fourth-order valence-corrected chi connectivity index (χ4v) is 2.33. The quantitative estimate of drug-likeness (QED) is 0.846. The van der Waals surface area contributed by atoms with Gasteiger partial charge in [-0.15, -0.1) is 0 Å². The average molecular weight is 284 g/mol. The van der Waals surface area contributed by atoms with Crippen LogP contribution in [-0.4, -0.2) is 18.2 Å². The Labute approximate surface area is 125 Å². The van der Waals surface area contributed by atoms with E-state index in [0.717, 1.165) is 29.7 Å². The van der Waals surface area contributed by atoms with E-state index in [1.165, 1.54) is 5.56 Å². The van der Waals surface area contributed by atoms with Crippen molar-refractivity contribution < 1.29 is 14.6 Å². The molecular weight excluding hydrogens is 264 g/mol. The van der Waals surface area contributed by atoms with Crippen molar-refractivity contribution in [2.45, 2.75) is 25.7 Å². The van der Waals surface area contributed by atoms with Crippen LogP contribution in [-0.2, 0) is 24.1 Å². The van der Waals surface area contributed by atoms with E-state index in [4.69, 9.17) is 9.84 Å². The van der Waals surface area contributed by atoms with Crippen LogP contribution in [0.2, 0.25) is 0 Å². The highest BCUT2D eigenvalue weighted by Crippen LogP contribution is 2.22. The van der Waals surface area contributed by atoms with Gasteiger partial charge in [0.15, 0.2) is 0 Å². The van der Waals surface area contributed by atoms with E-state index in [-0.39, 0.29) is 6.42 Å². The van der Waals surface area contributed by atoms with Crippen molar-refractivity contribution in [3.05, 3.63) is 65.2 Å². The molecule has 2 rings (SSSR count). The van der Waals surface area contributed by atoms with Gasteiger partial charge in [0.25, 0.3) is 0 Å². The molecule has 0 aliphatic carbocycles. The zero-order valence-corrected chi connectivity index (χ0v) is 12.2. The summed E-state index contributed by atoms with van der Waals surface area (Å²) in [6.07, 6.45) is 2.55. The van der Waals surface area contributed by atoms with Crippen molar-refractivity contribution in [3.63, 3.8) is 0 Å². The molecule has 110 valence electrons. The van der Waals surface area contributed by atoms with Crippen molar-refractivity contribution >= 4 is 5.97 Å². The number of hydrogen-bond donors (Lipinski definition) is 1. The predicted octanol–water partition coefficient (Wildman–Crippen LogP) is 3.50. The van der Waals surface area contributed by atoms with E-state index in [9.17, 15) is 4.79 Å².